The Bertz CT molecular complexity index is 468. The fraction of sp³-hybridized carbons (Fsp3) is 0.294. The van der Waals surface area contributed by atoms with E-state index in [1.54, 1.807) is 0 Å². The number of likely N-dealkylation sites (N-methyl/N-ethyl adjacent to an activating group) is 1. The number of benzene rings is 1. The second-order valence-corrected chi connectivity index (χ2v) is 4.72. The van der Waals surface area contributed by atoms with Crippen molar-refractivity contribution in [2.24, 2.45) is 0 Å². The van der Waals surface area contributed by atoms with Crippen LogP contribution < -0.4 is 0 Å². The maximum absolute atomic E-state index is 3.85. The van der Waals surface area contributed by atoms with E-state index in [0.29, 0.717) is 6.04 Å². The van der Waals surface area contributed by atoms with Crippen LogP contribution in [0.25, 0.3) is 0 Å². The molecule has 0 aromatic heterocycles. The van der Waals surface area contributed by atoms with Gasteiger partial charge < -0.3 is 0 Å². The molecule has 0 saturated carbocycles. The molecule has 0 radical (unpaired) electrons. The second kappa shape index (κ2) is 5.83. The average molecular weight is 239 g/mol. The highest BCUT2D eigenvalue weighted by Crippen LogP contribution is 2.37. The molecule has 1 saturated heterocycles. The van der Waals surface area contributed by atoms with E-state index in [0.717, 1.165) is 13.0 Å². The smallest absolute Gasteiger partial charge is 0.0602 e. The fourth-order valence-corrected chi connectivity index (χ4v) is 2.69. The van der Waals surface area contributed by atoms with Gasteiger partial charge in [0.15, 0.2) is 0 Å². The molecule has 1 aromatic carbocycles. The summed E-state index contributed by atoms with van der Waals surface area (Å²) in [5.41, 5.74) is 4.18. The molecular formula is C17H21N. The summed E-state index contributed by atoms with van der Waals surface area (Å²) in [4.78, 5) is 2.41. The maximum Gasteiger partial charge on any atom is 0.0602 e. The molecular weight excluding hydrogens is 218 g/mol. The van der Waals surface area contributed by atoms with Gasteiger partial charge in [0.25, 0.3) is 0 Å². The monoisotopic (exact) mass is 239 g/mol. The Labute approximate surface area is 110 Å². The van der Waals surface area contributed by atoms with Crippen molar-refractivity contribution >= 4 is 0 Å². The van der Waals surface area contributed by atoms with Gasteiger partial charge in [-0.1, -0.05) is 55.1 Å². The van der Waals surface area contributed by atoms with Crippen LogP contribution in [-0.2, 0) is 0 Å². The molecule has 0 amide bonds. The zero-order chi connectivity index (χ0) is 13.0. The van der Waals surface area contributed by atoms with Crippen molar-refractivity contribution in [3.8, 4) is 0 Å². The topological polar surface area (TPSA) is 3.24 Å². The predicted molar refractivity (Wildman–Crippen MR) is 78.5 cm³/mol. The van der Waals surface area contributed by atoms with E-state index in [-0.39, 0.29) is 0 Å². The van der Waals surface area contributed by atoms with Gasteiger partial charge in [-0.2, -0.15) is 0 Å². The lowest BCUT2D eigenvalue weighted by Crippen LogP contribution is -2.32. The second-order valence-electron chi connectivity index (χ2n) is 4.72. The molecule has 1 aromatic rings. The summed E-state index contributed by atoms with van der Waals surface area (Å²) in [7, 11) is 2.20. The van der Waals surface area contributed by atoms with Crippen molar-refractivity contribution < 1.29 is 0 Å². The van der Waals surface area contributed by atoms with Gasteiger partial charge in [0.1, 0.15) is 0 Å². The quantitative estimate of drug-likeness (QED) is 0.750. The van der Waals surface area contributed by atoms with Gasteiger partial charge in [0.2, 0.25) is 0 Å². The molecule has 0 spiro atoms. The minimum Gasteiger partial charge on any atom is -0.295 e. The van der Waals surface area contributed by atoms with Crippen LogP contribution in [-0.4, -0.2) is 18.5 Å². The van der Waals surface area contributed by atoms with Gasteiger partial charge in [-0.3, -0.25) is 4.90 Å². The minimum absolute atomic E-state index is 0.351. The van der Waals surface area contributed by atoms with E-state index in [1.165, 1.54) is 16.7 Å². The van der Waals surface area contributed by atoms with Crippen molar-refractivity contribution in [1.29, 1.82) is 0 Å². The number of likely N-dealkylation sites (tertiary alicyclic amines) is 1. The Morgan fingerprint density at radius 1 is 1.28 bits per heavy atom. The summed E-state index contributed by atoms with van der Waals surface area (Å²) >= 11 is 0. The highest BCUT2D eigenvalue weighted by Gasteiger charge is 2.27. The summed E-state index contributed by atoms with van der Waals surface area (Å²) in [5.74, 6) is 0. The SMILES string of the molecule is C=C/C=C1\C(=C/C)CCN(C)C1c1ccccc1. The summed E-state index contributed by atoms with van der Waals surface area (Å²) in [5, 5.41) is 0. The summed E-state index contributed by atoms with van der Waals surface area (Å²) in [6.45, 7) is 7.08. The first-order valence-electron chi connectivity index (χ1n) is 6.51. The van der Waals surface area contributed by atoms with Gasteiger partial charge in [-0.15, -0.1) is 0 Å². The third-order valence-corrected chi connectivity index (χ3v) is 3.60. The maximum atomic E-state index is 3.85. The van der Waals surface area contributed by atoms with Crippen LogP contribution in [0, 0.1) is 0 Å². The van der Waals surface area contributed by atoms with Crippen LogP contribution in [0.3, 0.4) is 0 Å². The number of piperidine rings is 1. The molecule has 1 nitrogen and oxygen atoms in total. The van der Waals surface area contributed by atoms with Crippen molar-refractivity contribution in [2.75, 3.05) is 13.6 Å². The van der Waals surface area contributed by atoms with Crippen molar-refractivity contribution in [2.45, 2.75) is 19.4 Å². The first kappa shape index (κ1) is 12.8. The van der Waals surface area contributed by atoms with Gasteiger partial charge in [-0.25, -0.2) is 0 Å². The largest absolute Gasteiger partial charge is 0.295 e. The highest BCUT2D eigenvalue weighted by atomic mass is 15.1. The first-order valence-corrected chi connectivity index (χ1v) is 6.51. The standard InChI is InChI=1S/C17H21N/c1-4-9-16-14(5-2)12-13-18(3)17(16)15-10-7-6-8-11-15/h4-11,17H,1,12-13H2,2-3H3/b14-5-,16-9+. The molecule has 94 valence electrons. The number of allylic oxidation sites excluding steroid dienone is 3. The van der Waals surface area contributed by atoms with Crippen molar-refractivity contribution in [3.63, 3.8) is 0 Å². The van der Waals surface area contributed by atoms with E-state index < -0.39 is 0 Å². The van der Waals surface area contributed by atoms with E-state index in [9.17, 15) is 0 Å². The van der Waals surface area contributed by atoms with Crippen LogP contribution in [0.4, 0.5) is 0 Å². The van der Waals surface area contributed by atoms with E-state index >= 15 is 0 Å². The third-order valence-electron chi connectivity index (χ3n) is 3.60. The summed E-state index contributed by atoms with van der Waals surface area (Å²) in [6.07, 6.45) is 7.41. The Hall–Kier alpha value is -1.60. The molecule has 0 N–H and O–H groups in total. The lowest BCUT2D eigenvalue weighted by Gasteiger charge is -2.37. The average Bonchev–Trinajstić information content (AvgIpc) is 2.40. The molecule has 1 aliphatic rings. The van der Waals surface area contributed by atoms with Crippen LogP contribution in [0.2, 0.25) is 0 Å². The molecule has 0 aliphatic carbocycles. The molecule has 1 fully saturated rings. The van der Waals surface area contributed by atoms with Crippen LogP contribution in [0.15, 0.2) is 66.3 Å². The number of nitrogens with zero attached hydrogens (tertiary/aromatic N) is 1. The Balaban J connectivity index is 2.46. The number of hydrogen-bond acceptors (Lipinski definition) is 1. The van der Waals surface area contributed by atoms with Gasteiger partial charge in [0, 0.05) is 6.54 Å². The van der Waals surface area contributed by atoms with Crippen LogP contribution in [0.1, 0.15) is 24.9 Å². The number of rotatable bonds is 2. The third kappa shape index (κ3) is 2.46. The lowest BCUT2D eigenvalue weighted by molar-refractivity contribution is 0.260. The van der Waals surface area contributed by atoms with Gasteiger partial charge >= 0.3 is 0 Å². The van der Waals surface area contributed by atoms with E-state index in [4.69, 9.17) is 0 Å². The Kier molecular flexibility index (Phi) is 4.16. The molecule has 1 heteroatoms. The molecule has 0 bridgehead atoms. The molecule has 2 rings (SSSR count). The first-order chi connectivity index (χ1) is 8.77. The zero-order valence-electron chi connectivity index (χ0n) is 11.3. The summed E-state index contributed by atoms with van der Waals surface area (Å²) in [6, 6.07) is 11.0. The normalized spacial score (nSPS) is 25.6. The van der Waals surface area contributed by atoms with E-state index in [2.05, 4.69) is 67.9 Å². The molecule has 1 aliphatic heterocycles. The van der Waals surface area contributed by atoms with Gasteiger partial charge in [0.05, 0.1) is 6.04 Å². The molecule has 18 heavy (non-hydrogen) atoms. The Morgan fingerprint density at radius 3 is 2.61 bits per heavy atom. The van der Waals surface area contributed by atoms with E-state index in [1.807, 2.05) is 6.08 Å². The molecule has 1 unspecified atom stereocenters. The summed E-state index contributed by atoms with van der Waals surface area (Å²) < 4.78 is 0. The van der Waals surface area contributed by atoms with Crippen LogP contribution >= 0.6 is 0 Å². The predicted octanol–water partition coefficient (Wildman–Crippen LogP) is 4.12. The zero-order valence-corrected chi connectivity index (χ0v) is 11.3. The lowest BCUT2D eigenvalue weighted by atomic mass is 9.86. The van der Waals surface area contributed by atoms with Crippen molar-refractivity contribution in [3.05, 3.63) is 71.8 Å². The minimum atomic E-state index is 0.351. The van der Waals surface area contributed by atoms with Gasteiger partial charge in [-0.05, 0) is 37.1 Å². The fourth-order valence-electron chi connectivity index (χ4n) is 2.69. The Morgan fingerprint density at radius 2 is 2.00 bits per heavy atom. The highest BCUT2D eigenvalue weighted by molar-refractivity contribution is 5.44. The van der Waals surface area contributed by atoms with Crippen LogP contribution in [0.5, 0.6) is 0 Å². The molecule has 1 heterocycles. The molecule has 1 atom stereocenters. The number of hydrogen-bond donors (Lipinski definition) is 0. The van der Waals surface area contributed by atoms with Crippen molar-refractivity contribution in [1.82, 2.24) is 4.90 Å².